The normalized spacial score (nSPS) is 10.7. The molecular formula is C23H20N2O6. The molecule has 0 aliphatic heterocycles. The van der Waals surface area contributed by atoms with Crippen LogP contribution in [-0.2, 0) is 0 Å². The predicted molar refractivity (Wildman–Crippen MR) is 115 cm³/mol. The van der Waals surface area contributed by atoms with Gasteiger partial charge in [-0.1, -0.05) is 12.1 Å². The number of hydrogen-bond donors (Lipinski definition) is 2. The molecule has 0 fully saturated rings. The van der Waals surface area contributed by atoms with Crippen molar-refractivity contribution >= 4 is 22.7 Å². The van der Waals surface area contributed by atoms with Gasteiger partial charge in [-0.3, -0.25) is 4.79 Å². The second-order valence-electron chi connectivity index (χ2n) is 6.59. The number of anilines is 1. The SMILES string of the molecule is COc1cc(C(=O)Nc2ccc(-c3nc4ccccc4o3)c(O)c2)cc(OC)c1OC. The van der Waals surface area contributed by atoms with Crippen LogP contribution in [0.25, 0.3) is 22.6 Å². The number of carbonyl (C=O) groups excluding carboxylic acids is 1. The van der Waals surface area contributed by atoms with E-state index in [0.717, 1.165) is 0 Å². The third-order valence-electron chi connectivity index (χ3n) is 4.71. The Balaban J connectivity index is 1.60. The van der Waals surface area contributed by atoms with Crippen LogP contribution in [0.4, 0.5) is 5.69 Å². The lowest BCUT2D eigenvalue weighted by molar-refractivity contribution is 0.102. The first-order valence-corrected chi connectivity index (χ1v) is 9.34. The fraction of sp³-hybridized carbons (Fsp3) is 0.130. The average Bonchev–Trinajstić information content (AvgIpc) is 3.21. The van der Waals surface area contributed by atoms with Crippen molar-refractivity contribution in [3.05, 3.63) is 60.2 Å². The lowest BCUT2D eigenvalue weighted by atomic mass is 10.1. The number of hydrogen-bond acceptors (Lipinski definition) is 7. The molecule has 0 aliphatic rings. The maximum absolute atomic E-state index is 12.8. The Morgan fingerprint density at radius 2 is 1.68 bits per heavy atom. The standard InChI is InChI=1S/C23H20N2O6/c1-28-19-10-13(11-20(29-2)21(19)30-3)22(27)24-14-8-9-15(17(26)12-14)23-25-16-6-4-5-7-18(16)31-23/h4-12,26H,1-3H3,(H,24,27). The summed E-state index contributed by atoms with van der Waals surface area (Å²) < 4.78 is 21.5. The fourth-order valence-corrected chi connectivity index (χ4v) is 3.19. The van der Waals surface area contributed by atoms with E-state index in [1.165, 1.54) is 27.4 Å². The molecule has 0 unspecified atom stereocenters. The van der Waals surface area contributed by atoms with Gasteiger partial charge in [0.05, 0.1) is 26.9 Å². The lowest BCUT2D eigenvalue weighted by Crippen LogP contribution is -2.12. The maximum Gasteiger partial charge on any atom is 0.255 e. The molecule has 0 radical (unpaired) electrons. The quantitative estimate of drug-likeness (QED) is 0.474. The van der Waals surface area contributed by atoms with Gasteiger partial charge in [0.15, 0.2) is 17.1 Å². The molecule has 0 aliphatic carbocycles. The third kappa shape index (κ3) is 3.83. The molecule has 1 amide bonds. The molecule has 0 saturated carbocycles. The van der Waals surface area contributed by atoms with Crippen molar-refractivity contribution < 1.29 is 28.5 Å². The number of methoxy groups -OCH3 is 3. The van der Waals surface area contributed by atoms with Crippen molar-refractivity contribution in [3.63, 3.8) is 0 Å². The van der Waals surface area contributed by atoms with Gasteiger partial charge in [-0.25, -0.2) is 4.98 Å². The topological polar surface area (TPSA) is 103 Å². The molecule has 8 heteroatoms. The number of para-hydroxylation sites is 2. The molecule has 4 aromatic rings. The predicted octanol–water partition coefficient (Wildman–Crippen LogP) is 4.48. The summed E-state index contributed by atoms with van der Waals surface area (Å²) in [6.45, 7) is 0. The van der Waals surface area contributed by atoms with Crippen molar-refractivity contribution in [2.24, 2.45) is 0 Å². The number of rotatable bonds is 6. The maximum atomic E-state index is 12.8. The van der Waals surface area contributed by atoms with Crippen LogP contribution < -0.4 is 19.5 Å². The number of phenolic OH excluding ortho intramolecular Hbond substituents is 1. The Morgan fingerprint density at radius 3 is 2.29 bits per heavy atom. The molecule has 0 atom stereocenters. The number of oxazole rings is 1. The second kappa shape index (κ2) is 8.27. The van der Waals surface area contributed by atoms with Gasteiger partial charge in [-0.15, -0.1) is 0 Å². The Kier molecular flexibility index (Phi) is 5.36. The fourth-order valence-electron chi connectivity index (χ4n) is 3.19. The number of benzene rings is 3. The summed E-state index contributed by atoms with van der Waals surface area (Å²) in [5, 5.41) is 13.2. The van der Waals surface area contributed by atoms with Gasteiger partial charge in [0.1, 0.15) is 11.3 Å². The van der Waals surface area contributed by atoms with Crippen molar-refractivity contribution in [2.75, 3.05) is 26.6 Å². The van der Waals surface area contributed by atoms with Crippen LogP contribution in [-0.4, -0.2) is 37.3 Å². The number of aromatic nitrogens is 1. The minimum atomic E-state index is -0.409. The first-order valence-electron chi connectivity index (χ1n) is 9.34. The van der Waals surface area contributed by atoms with E-state index in [9.17, 15) is 9.90 Å². The van der Waals surface area contributed by atoms with Crippen molar-refractivity contribution in [1.29, 1.82) is 0 Å². The summed E-state index contributed by atoms with van der Waals surface area (Å²) in [7, 11) is 4.44. The van der Waals surface area contributed by atoms with Crippen LogP contribution in [0.15, 0.2) is 59.0 Å². The summed E-state index contributed by atoms with van der Waals surface area (Å²) in [5.41, 5.74) is 2.43. The highest BCUT2D eigenvalue weighted by atomic mass is 16.5. The molecule has 1 heterocycles. The summed E-state index contributed by atoms with van der Waals surface area (Å²) in [5.74, 6) is 0.924. The van der Waals surface area contributed by atoms with Gasteiger partial charge in [0.25, 0.3) is 5.91 Å². The van der Waals surface area contributed by atoms with E-state index in [0.29, 0.717) is 51.1 Å². The Morgan fingerprint density at radius 1 is 0.968 bits per heavy atom. The molecule has 4 rings (SSSR count). The number of ether oxygens (including phenoxy) is 3. The summed E-state index contributed by atoms with van der Waals surface area (Å²) in [6.07, 6.45) is 0. The second-order valence-corrected chi connectivity index (χ2v) is 6.59. The molecule has 158 valence electrons. The van der Waals surface area contributed by atoms with Gasteiger partial charge < -0.3 is 29.1 Å². The zero-order valence-electron chi connectivity index (χ0n) is 17.1. The van der Waals surface area contributed by atoms with Crippen LogP contribution in [0.1, 0.15) is 10.4 Å². The first kappa shape index (κ1) is 20.1. The van der Waals surface area contributed by atoms with E-state index in [-0.39, 0.29) is 5.75 Å². The molecule has 0 bridgehead atoms. The molecule has 3 aromatic carbocycles. The number of fused-ring (bicyclic) bond motifs is 1. The van der Waals surface area contributed by atoms with Crippen LogP contribution in [0.2, 0.25) is 0 Å². The van der Waals surface area contributed by atoms with Crippen LogP contribution in [0, 0.1) is 0 Å². The highest BCUT2D eigenvalue weighted by molar-refractivity contribution is 6.05. The van der Waals surface area contributed by atoms with Crippen LogP contribution in [0.5, 0.6) is 23.0 Å². The number of phenols is 1. The lowest BCUT2D eigenvalue weighted by Gasteiger charge is -2.14. The third-order valence-corrected chi connectivity index (χ3v) is 4.71. The van der Waals surface area contributed by atoms with Crippen LogP contribution in [0.3, 0.4) is 0 Å². The Bertz CT molecular complexity index is 1210. The van der Waals surface area contributed by atoms with Crippen molar-refractivity contribution in [1.82, 2.24) is 4.98 Å². The Labute approximate surface area is 178 Å². The molecule has 0 saturated heterocycles. The smallest absolute Gasteiger partial charge is 0.255 e. The first-order chi connectivity index (χ1) is 15.0. The number of aromatic hydroxyl groups is 1. The van der Waals surface area contributed by atoms with Gasteiger partial charge in [-0.2, -0.15) is 0 Å². The highest BCUT2D eigenvalue weighted by Gasteiger charge is 2.18. The van der Waals surface area contributed by atoms with Gasteiger partial charge in [0.2, 0.25) is 11.6 Å². The van der Waals surface area contributed by atoms with E-state index in [1.54, 1.807) is 30.3 Å². The van der Waals surface area contributed by atoms with E-state index >= 15 is 0 Å². The monoisotopic (exact) mass is 420 g/mol. The average molecular weight is 420 g/mol. The number of nitrogens with one attached hydrogen (secondary N) is 1. The molecule has 31 heavy (non-hydrogen) atoms. The number of nitrogens with zero attached hydrogens (tertiary/aromatic N) is 1. The zero-order chi connectivity index (χ0) is 22.0. The summed E-state index contributed by atoms with van der Waals surface area (Å²) in [4.78, 5) is 17.1. The Hall–Kier alpha value is -4.20. The molecule has 2 N–H and O–H groups in total. The van der Waals surface area contributed by atoms with Gasteiger partial charge >= 0.3 is 0 Å². The van der Waals surface area contributed by atoms with Gasteiger partial charge in [0, 0.05) is 17.3 Å². The van der Waals surface area contributed by atoms with E-state index in [4.69, 9.17) is 18.6 Å². The van der Waals surface area contributed by atoms with E-state index in [1.807, 2.05) is 18.2 Å². The number of amides is 1. The van der Waals surface area contributed by atoms with Crippen molar-refractivity contribution in [2.45, 2.75) is 0 Å². The summed E-state index contributed by atoms with van der Waals surface area (Å²) in [6, 6.07) is 15.1. The number of carbonyl (C=O) groups is 1. The zero-order valence-corrected chi connectivity index (χ0v) is 17.1. The molecule has 8 nitrogen and oxygen atoms in total. The molecule has 1 aromatic heterocycles. The summed E-state index contributed by atoms with van der Waals surface area (Å²) >= 11 is 0. The molecule has 0 spiro atoms. The van der Waals surface area contributed by atoms with Crippen molar-refractivity contribution in [3.8, 4) is 34.5 Å². The van der Waals surface area contributed by atoms with E-state index < -0.39 is 5.91 Å². The van der Waals surface area contributed by atoms with Crippen LogP contribution >= 0.6 is 0 Å². The minimum absolute atomic E-state index is 0.0748. The minimum Gasteiger partial charge on any atom is -0.507 e. The van der Waals surface area contributed by atoms with Gasteiger partial charge in [-0.05, 0) is 36.4 Å². The van der Waals surface area contributed by atoms with E-state index in [2.05, 4.69) is 10.3 Å². The molecular weight excluding hydrogens is 400 g/mol. The highest BCUT2D eigenvalue weighted by Crippen LogP contribution is 2.38. The largest absolute Gasteiger partial charge is 0.507 e.